The number of aromatic nitrogens is 1. The summed E-state index contributed by atoms with van der Waals surface area (Å²) in [6.45, 7) is 2.94. The van der Waals surface area contributed by atoms with Crippen molar-refractivity contribution in [1.29, 1.82) is 0 Å². The normalized spacial score (nSPS) is 12.6. The molecule has 1 aromatic heterocycles. The molecule has 1 heterocycles. The van der Waals surface area contributed by atoms with Gasteiger partial charge in [0.05, 0.1) is 20.3 Å². The zero-order valence-corrected chi connectivity index (χ0v) is 10.8. The SMILES string of the molecule is COc1ccnc(CN(C)CC(C)O)c1OC. The third-order valence-electron chi connectivity index (χ3n) is 2.36. The Morgan fingerprint density at radius 3 is 2.65 bits per heavy atom. The molecule has 0 saturated heterocycles. The molecule has 0 aliphatic carbocycles. The summed E-state index contributed by atoms with van der Waals surface area (Å²) < 4.78 is 10.5. The highest BCUT2D eigenvalue weighted by atomic mass is 16.5. The summed E-state index contributed by atoms with van der Waals surface area (Å²) in [4.78, 5) is 6.26. The predicted octanol–water partition coefficient (Wildman–Crippen LogP) is 0.911. The first kappa shape index (κ1) is 13.7. The quantitative estimate of drug-likeness (QED) is 0.801. The van der Waals surface area contributed by atoms with E-state index in [4.69, 9.17) is 9.47 Å². The Morgan fingerprint density at radius 2 is 2.12 bits per heavy atom. The second-order valence-corrected chi connectivity index (χ2v) is 4.04. The van der Waals surface area contributed by atoms with Gasteiger partial charge in [0.15, 0.2) is 11.5 Å². The second-order valence-electron chi connectivity index (χ2n) is 4.04. The molecule has 0 radical (unpaired) electrons. The number of aliphatic hydroxyl groups is 1. The highest BCUT2D eigenvalue weighted by Gasteiger charge is 2.13. The van der Waals surface area contributed by atoms with Crippen molar-refractivity contribution in [3.05, 3.63) is 18.0 Å². The fraction of sp³-hybridized carbons (Fsp3) is 0.583. The van der Waals surface area contributed by atoms with E-state index >= 15 is 0 Å². The molecule has 96 valence electrons. The van der Waals surface area contributed by atoms with Gasteiger partial charge in [-0.3, -0.25) is 9.88 Å². The number of hydrogen-bond donors (Lipinski definition) is 1. The van der Waals surface area contributed by atoms with E-state index in [1.54, 1.807) is 33.4 Å². The zero-order chi connectivity index (χ0) is 12.8. The van der Waals surface area contributed by atoms with Crippen molar-refractivity contribution in [2.24, 2.45) is 0 Å². The molecule has 1 unspecified atom stereocenters. The molecule has 1 N–H and O–H groups in total. The van der Waals surface area contributed by atoms with Crippen molar-refractivity contribution in [3.8, 4) is 11.5 Å². The van der Waals surface area contributed by atoms with Crippen LogP contribution < -0.4 is 9.47 Å². The molecule has 17 heavy (non-hydrogen) atoms. The molecule has 0 amide bonds. The van der Waals surface area contributed by atoms with E-state index in [0.717, 1.165) is 5.69 Å². The molecule has 0 bridgehead atoms. The van der Waals surface area contributed by atoms with Crippen molar-refractivity contribution < 1.29 is 14.6 Å². The lowest BCUT2D eigenvalue weighted by Crippen LogP contribution is -2.27. The first-order chi connectivity index (χ1) is 8.08. The van der Waals surface area contributed by atoms with E-state index in [1.807, 2.05) is 11.9 Å². The number of rotatable bonds is 6. The topological polar surface area (TPSA) is 54.8 Å². The monoisotopic (exact) mass is 240 g/mol. The van der Waals surface area contributed by atoms with Gasteiger partial charge in [0.2, 0.25) is 0 Å². The van der Waals surface area contributed by atoms with E-state index in [0.29, 0.717) is 24.6 Å². The van der Waals surface area contributed by atoms with E-state index in [9.17, 15) is 5.11 Å². The maximum atomic E-state index is 9.31. The minimum atomic E-state index is -0.364. The third kappa shape index (κ3) is 3.87. The number of likely N-dealkylation sites (N-methyl/N-ethyl adjacent to an activating group) is 1. The van der Waals surface area contributed by atoms with Gasteiger partial charge >= 0.3 is 0 Å². The Balaban J connectivity index is 2.83. The first-order valence-corrected chi connectivity index (χ1v) is 5.51. The number of ether oxygens (including phenoxy) is 2. The van der Waals surface area contributed by atoms with Crippen molar-refractivity contribution in [3.63, 3.8) is 0 Å². The fourth-order valence-electron chi connectivity index (χ4n) is 1.73. The maximum absolute atomic E-state index is 9.31. The van der Waals surface area contributed by atoms with E-state index in [2.05, 4.69) is 4.98 Å². The van der Waals surface area contributed by atoms with Crippen LogP contribution in [0.3, 0.4) is 0 Å². The smallest absolute Gasteiger partial charge is 0.183 e. The van der Waals surface area contributed by atoms with Gasteiger partial charge in [-0.25, -0.2) is 0 Å². The molecule has 0 saturated carbocycles. The molecular weight excluding hydrogens is 220 g/mol. The van der Waals surface area contributed by atoms with Crippen LogP contribution in [-0.2, 0) is 6.54 Å². The number of hydrogen-bond acceptors (Lipinski definition) is 5. The maximum Gasteiger partial charge on any atom is 0.183 e. The highest BCUT2D eigenvalue weighted by molar-refractivity contribution is 5.42. The first-order valence-electron chi connectivity index (χ1n) is 5.51. The van der Waals surface area contributed by atoms with Crippen LogP contribution in [0.1, 0.15) is 12.6 Å². The second kappa shape index (κ2) is 6.42. The van der Waals surface area contributed by atoms with Gasteiger partial charge in [-0.15, -0.1) is 0 Å². The van der Waals surface area contributed by atoms with Crippen LogP contribution in [0.25, 0.3) is 0 Å². The molecule has 0 aromatic carbocycles. The van der Waals surface area contributed by atoms with E-state index in [1.165, 1.54) is 0 Å². The van der Waals surface area contributed by atoms with E-state index in [-0.39, 0.29) is 6.10 Å². The number of methoxy groups -OCH3 is 2. The molecule has 5 heteroatoms. The Labute approximate surface area is 102 Å². The van der Waals surface area contributed by atoms with Crippen molar-refractivity contribution in [2.75, 3.05) is 27.8 Å². The summed E-state index contributed by atoms with van der Waals surface area (Å²) in [6, 6.07) is 1.76. The van der Waals surface area contributed by atoms with Crippen molar-refractivity contribution in [2.45, 2.75) is 19.6 Å². The lowest BCUT2D eigenvalue weighted by Gasteiger charge is -2.19. The molecule has 0 aliphatic heterocycles. The summed E-state index contributed by atoms with van der Waals surface area (Å²) in [5.74, 6) is 1.32. The summed E-state index contributed by atoms with van der Waals surface area (Å²) in [7, 11) is 5.12. The third-order valence-corrected chi connectivity index (χ3v) is 2.36. The number of pyridine rings is 1. The van der Waals surface area contributed by atoms with Crippen LogP contribution in [0, 0.1) is 0 Å². The van der Waals surface area contributed by atoms with Gasteiger partial charge < -0.3 is 14.6 Å². The van der Waals surface area contributed by atoms with Crippen LogP contribution in [0.4, 0.5) is 0 Å². The molecule has 1 rings (SSSR count). The average molecular weight is 240 g/mol. The number of nitrogens with zero attached hydrogens (tertiary/aromatic N) is 2. The predicted molar refractivity (Wildman–Crippen MR) is 65.4 cm³/mol. The van der Waals surface area contributed by atoms with Gasteiger partial charge in [-0.2, -0.15) is 0 Å². The molecule has 0 aliphatic rings. The van der Waals surface area contributed by atoms with Gasteiger partial charge in [0.25, 0.3) is 0 Å². The summed E-state index contributed by atoms with van der Waals surface area (Å²) in [5.41, 5.74) is 0.801. The van der Waals surface area contributed by atoms with Crippen LogP contribution in [-0.4, -0.2) is 48.9 Å². The molecule has 0 spiro atoms. The Hall–Kier alpha value is -1.33. The highest BCUT2D eigenvalue weighted by Crippen LogP contribution is 2.29. The summed E-state index contributed by atoms with van der Waals surface area (Å²) >= 11 is 0. The molecule has 1 atom stereocenters. The largest absolute Gasteiger partial charge is 0.493 e. The van der Waals surface area contributed by atoms with Crippen molar-refractivity contribution in [1.82, 2.24) is 9.88 Å². The average Bonchev–Trinajstić information content (AvgIpc) is 2.27. The zero-order valence-electron chi connectivity index (χ0n) is 10.8. The van der Waals surface area contributed by atoms with Gasteiger partial charge in [0, 0.05) is 25.4 Å². The Bertz CT molecular complexity index is 356. The molecule has 5 nitrogen and oxygen atoms in total. The minimum Gasteiger partial charge on any atom is -0.493 e. The molecular formula is C12H20N2O3. The van der Waals surface area contributed by atoms with Crippen LogP contribution >= 0.6 is 0 Å². The molecule has 0 fully saturated rings. The summed E-state index contributed by atoms with van der Waals surface area (Å²) in [5, 5.41) is 9.31. The Morgan fingerprint density at radius 1 is 1.41 bits per heavy atom. The van der Waals surface area contributed by atoms with Gasteiger partial charge in [-0.05, 0) is 14.0 Å². The lowest BCUT2D eigenvalue weighted by atomic mass is 10.2. The van der Waals surface area contributed by atoms with Gasteiger partial charge in [0.1, 0.15) is 5.69 Å². The van der Waals surface area contributed by atoms with Crippen LogP contribution in [0.2, 0.25) is 0 Å². The Kier molecular flexibility index (Phi) is 5.18. The standard InChI is InChI=1S/C12H20N2O3/c1-9(15)7-14(2)8-10-12(17-4)11(16-3)5-6-13-10/h5-6,9,15H,7-8H2,1-4H3. The summed E-state index contributed by atoms with van der Waals surface area (Å²) in [6.07, 6.45) is 1.32. The van der Waals surface area contributed by atoms with Crippen LogP contribution in [0.5, 0.6) is 11.5 Å². The molecule has 1 aromatic rings. The minimum absolute atomic E-state index is 0.364. The fourth-order valence-corrected chi connectivity index (χ4v) is 1.73. The van der Waals surface area contributed by atoms with E-state index < -0.39 is 0 Å². The van der Waals surface area contributed by atoms with Crippen LogP contribution in [0.15, 0.2) is 12.3 Å². The van der Waals surface area contributed by atoms with Crippen molar-refractivity contribution >= 4 is 0 Å². The lowest BCUT2D eigenvalue weighted by molar-refractivity contribution is 0.137. The van der Waals surface area contributed by atoms with Gasteiger partial charge in [-0.1, -0.05) is 0 Å². The number of aliphatic hydroxyl groups excluding tert-OH is 1.